The van der Waals surface area contributed by atoms with Gasteiger partial charge in [-0.15, -0.1) is 0 Å². The second kappa shape index (κ2) is 8.17. The lowest BCUT2D eigenvalue weighted by atomic mass is 9.64. The van der Waals surface area contributed by atoms with E-state index in [9.17, 15) is 40.9 Å². The van der Waals surface area contributed by atoms with Crippen molar-refractivity contribution in [2.24, 2.45) is 22.7 Å². The molecule has 5 aliphatic rings. The van der Waals surface area contributed by atoms with Gasteiger partial charge in [-0.3, -0.25) is 0 Å². The summed E-state index contributed by atoms with van der Waals surface area (Å²) in [4.78, 5) is 0. The first-order valence-electron chi connectivity index (χ1n) is 13.0. The summed E-state index contributed by atoms with van der Waals surface area (Å²) < 4.78 is 11.6. The highest BCUT2D eigenvalue weighted by Crippen LogP contribution is 2.68. The Balaban J connectivity index is 1.49. The van der Waals surface area contributed by atoms with Crippen LogP contribution in [0.5, 0.6) is 0 Å². The third-order valence-electron chi connectivity index (χ3n) is 10.7. The SMILES string of the molecule is CC1(O)CC23CC1CC=C2C(C)(O)C1CC(O[C@@H]2O[C@H](CO)[C@@H](O)[C@H](O)[C@H]2O)C(C)(C)C1(O)C(O)C3. The normalized spacial score (nSPS) is 58.1. The summed E-state index contributed by atoms with van der Waals surface area (Å²) in [7, 11) is 0. The van der Waals surface area contributed by atoms with Gasteiger partial charge in [0, 0.05) is 11.3 Å². The Labute approximate surface area is 211 Å². The van der Waals surface area contributed by atoms with E-state index >= 15 is 0 Å². The molecule has 0 aromatic carbocycles. The first-order chi connectivity index (χ1) is 16.5. The van der Waals surface area contributed by atoms with Crippen LogP contribution in [0.1, 0.15) is 59.8 Å². The number of hydrogen-bond acceptors (Lipinski definition) is 10. The third-order valence-corrected chi connectivity index (χ3v) is 10.7. The van der Waals surface area contributed by atoms with Crippen LogP contribution in [-0.2, 0) is 9.47 Å². The van der Waals surface area contributed by atoms with Gasteiger partial charge in [0.25, 0.3) is 0 Å². The molecule has 2 bridgehead atoms. The highest BCUT2D eigenvalue weighted by atomic mass is 16.7. The first kappa shape index (κ1) is 26.9. The van der Waals surface area contributed by atoms with E-state index < -0.39 is 83.1 Å². The van der Waals surface area contributed by atoms with E-state index in [2.05, 4.69) is 0 Å². The maximum absolute atomic E-state index is 12.3. The Morgan fingerprint density at radius 2 is 1.64 bits per heavy atom. The Morgan fingerprint density at radius 3 is 2.28 bits per heavy atom. The van der Waals surface area contributed by atoms with Gasteiger partial charge in [-0.25, -0.2) is 0 Å². The highest BCUT2D eigenvalue weighted by molar-refractivity contribution is 5.38. The number of fused-ring (bicyclic) bond motifs is 2. The van der Waals surface area contributed by atoms with Crippen LogP contribution in [0, 0.1) is 22.7 Å². The molecule has 0 amide bonds. The van der Waals surface area contributed by atoms with E-state index in [0.29, 0.717) is 19.3 Å². The number of hydrogen-bond donors (Lipinski definition) is 8. The average molecular weight is 515 g/mol. The van der Waals surface area contributed by atoms with Gasteiger partial charge in [-0.1, -0.05) is 19.9 Å². The molecule has 4 fully saturated rings. The lowest BCUT2D eigenvalue weighted by Crippen LogP contribution is -2.62. The molecule has 206 valence electrons. The van der Waals surface area contributed by atoms with Crippen molar-refractivity contribution in [3.8, 4) is 0 Å². The van der Waals surface area contributed by atoms with E-state index in [1.54, 1.807) is 27.7 Å². The van der Waals surface area contributed by atoms with Crippen molar-refractivity contribution >= 4 is 0 Å². The monoisotopic (exact) mass is 514 g/mol. The van der Waals surface area contributed by atoms with Crippen LogP contribution in [0.25, 0.3) is 0 Å². The largest absolute Gasteiger partial charge is 0.394 e. The standard InChI is InChI=1S/C26H42O10/c1-22(2)17(36-21-20(31)19(30)18(29)13(10-27)35-21)7-15-24(4,33)14-6-5-12-8-25(14,11-23(12,3)32)9-16(28)26(15,22)34/h6,12-13,15-21,27-34H,5,7-11H2,1-4H3/t12?,13-,15?,16?,17?,18-,19+,20-,21+,23?,24?,25?,26?/m1/s1. The van der Waals surface area contributed by atoms with Gasteiger partial charge in [-0.05, 0) is 62.9 Å². The molecule has 8 N–H and O–H groups in total. The molecule has 13 atom stereocenters. The van der Waals surface area contributed by atoms with Crippen molar-refractivity contribution in [1.82, 2.24) is 0 Å². The second-order valence-electron chi connectivity index (χ2n) is 13.1. The topological polar surface area (TPSA) is 180 Å². The van der Waals surface area contributed by atoms with E-state index in [0.717, 1.165) is 5.57 Å². The number of allylic oxidation sites excluding steroid dienone is 1. The van der Waals surface area contributed by atoms with Gasteiger partial charge in [0.15, 0.2) is 6.29 Å². The van der Waals surface area contributed by atoms with Crippen LogP contribution >= 0.6 is 0 Å². The summed E-state index contributed by atoms with van der Waals surface area (Å²) in [5, 5.41) is 87.4. The Hall–Kier alpha value is -0.660. The van der Waals surface area contributed by atoms with Gasteiger partial charge >= 0.3 is 0 Å². The minimum absolute atomic E-state index is 0.0205. The average Bonchev–Trinajstić information content (AvgIpc) is 3.09. The van der Waals surface area contributed by atoms with Crippen molar-refractivity contribution in [1.29, 1.82) is 0 Å². The minimum Gasteiger partial charge on any atom is -0.394 e. The van der Waals surface area contributed by atoms with E-state index in [1.165, 1.54) is 0 Å². The molecule has 3 saturated carbocycles. The molecule has 0 radical (unpaired) electrons. The van der Waals surface area contributed by atoms with Crippen LogP contribution in [-0.4, -0.2) is 107 Å². The second-order valence-corrected chi connectivity index (χ2v) is 13.1. The molecule has 0 aromatic rings. The number of ether oxygens (including phenoxy) is 2. The summed E-state index contributed by atoms with van der Waals surface area (Å²) in [6, 6.07) is 0. The summed E-state index contributed by atoms with van der Waals surface area (Å²) in [6.45, 7) is 6.33. The van der Waals surface area contributed by atoms with Gasteiger partial charge in [0.05, 0.1) is 30.0 Å². The van der Waals surface area contributed by atoms with Crippen LogP contribution in [0.15, 0.2) is 11.6 Å². The van der Waals surface area contributed by atoms with Crippen LogP contribution in [0.4, 0.5) is 0 Å². The molecular formula is C26H42O10. The summed E-state index contributed by atoms with van der Waals surface area (Å²) in [5.41, 5.74) is -5.24. The number of rotatable bonds is 3. The predicted octanol–water partition coefficient (Wildman–Crippen LogP) is -1.06. The van der Waals surface area contributed by atoms with Crippen molar-refractivity contribution in [2.45, 2.75) is 120 Å². The summed E-state index contributed by atoms with van der Waals surface area (Å²) in [6.07, 6.45) is -5.40. The molecule has 10 heteroatoms. The highest BCUT2D eigenvalue weighted by Gasteiger charge is 2.73. The molecule has 1 spiro atoms. The fourth-order valence-corrected chi connectivity index (χ4v) is 8.62. The molecule has 8 unspecified atom stereocenters. The quantitative estimate of drug-likeness (QED) is 0.216. The molecule has 5 rings (SSSR count). The molecular weight excluding hydrogens is 472 g/mol. The molecule has 0 aromatic heterocycles. The van der Waals surface area contributed by atoms with Crippen molar-refractivity contribution in [3.05, 3.63) is 11.6 Å². The van der Waals surface area contributed by atoms with Gasteiger partial charge < -0.3 is 50.3 Å². The molecule has 1 aliphatic heterocycles. The third kappa shape index (κ3) is 3.40. The number of aliphatic hydroxyl groups excluding tert-OH is 5. The zero-order chi connectivity index (χ0) is 26.6. The molecule has 1 saturated heterocycles. The Morgan fingerprint density at radius 1 is 0.972 bits per heavy atom. The van der Waals surface area contributed by atoms with E-state index in [1.807, 2.05) is 6.08 Å². The van der Waals surface area contributed by atoms with Crippen molar-refractivity contribution < 1.29 is 50.3 Å². The summed E-state index contributed by atoms with van der Waals surface area (Å²) in [5.74, 6) is -0.815. The maximum atomic E-state index is 12.3. The molecule has 36 heavy (non-hydrogen) atoms. The smallest absolute Gasteiger partial charge is 0.186 e. The van der Waals surface area contributed by atoms with Crippen LogP contribution in [0.2, 0.25) is 0 Å². The first-order valence-corrected chi connectivity index (χ1v) is 13.0. The molecule has 1 heterocycles. The zero-order valence-electron chi connectivity index (χ0n) is 21.4. The molecule has 4 aliphatic carbocycles. The van der Waals surface area contributed by atoms with Gasteiger partial charge in [0.2, 0.25) is 0 Å². The maximum Gasteiger partial charge on any atom is 0.186 e. The Kier molecular flexibility index (Phi) is 6.11. The number of aliphatic hydroxyl groups is 8. The predicted molar refractivity (Wildman–Crippen MR) is 125 cm³/mol. The fourth-order valence-electron chi connectivity index (χ4n) is 8.62. The fraction of sp³-hybridized carbons (Fsp3) is 0.923. The summed E-state index contributed by atoms with van der Waals surface area (Å²) >= 11 is 0. The van der Waals surface area contributed by atoms with Gasteiger partial charge in [0.1, 0.15) is 30.0 Å². The van der Waals surface area contributed by atoms with E-state index in [4.69, 9.17) is 9.47 Å². The van der Waals surface area contributed by atoms with E-state index in [-0.39, 0.29) is 18.8 Å². The van der Waals surface area contributed by atoms with Crippen LogP contribution in [0.3, 0.4) is 0 Å². The molecule has 10 nitrogen and oxygen atoms in total. The lowest BCUT2D eigenvalue weighted by molar-refractivity contribution is -0.321. The van der Waals surface area contributed by atoms with Crippen LogP contribution < -0.4 is 0 Å². The Bertz CT molecular complexity index is 914. The minimum atomic E-state index is -1.79. The van der Waals surface area contributed by atoms with Crippen molar-refractivity contribution in [3.63, 3.8) is 0 Å². The van der Waals surface area contributed by atoms with Crippen molar-refractivity contribution in [2.75, 3.05) is 6.61 Å². The lowest BCUT2D eigenvalue weighted by Gasteiger charge is -2.48. The van der Waals surface area contributed by atoms with Gasteiger partial charge in [-0.2, -0.15) is 0 Å². The zero-order valence-corrected chi connectivity index (χ0v) is 21.4.